The van der Waals surface area contributed by atoms with Crippen molar-refractivity contribution in [2.24, 2.45) is 5.92 Å². The smallest absolute Gasteiger partial charge is 0.309 e. The van der Waals surface area contributed by atoms with E-state index in [-0.39, 0.29) is 24.1 Å². The maximum absolute atomic E-state index is 11.7. The zero-order valence-corrected chi connectivity index (χ0v) is 10.3. The molecule has 0 amide bonds. The Morgan fingerprint density at radius 3 is 2.72 bits per heavy atom. The minimum absolute atomic E-state index is 0.0127. The maximum atomic E-state index is 11.7. The molecule has 1 aliphatic rings. The summed E-state index contributed by atoms with van der Waals surface area (Å²) in [5.74, 6) is -0.682. The fourth-order valence-corrected chi connectivity index (χ4v) is 2.13. The number of benzene rings is 1. The van der Waals surface area contributed by atoms with Crippen molar-refractivity contribution in [3.8, 4) is 0 Å². The van der Waals surface area contributed by atoms with Crippen LogP contribution in [0.2, 0.25) is 0 Å². The summed E-state index contributed by atoms with van der Waals surface area (Å²) in [5, 5.41) is 0. The number of Topliss-reactive ketones (excluding diaryl/α,β-unsaturated/α-hetero) is 1. The number of carbonyl (C=O) groups is 2. The number of methoxy groups -OCH3 is 1. The molecule has 1 saturated carbocycles. The molecule has 0 heterocycles. The molecular weight excluding hydrogens is 232 g/mol. The van der Waals surface area contributed by atoms with E-state index in [0.29, 0.717) is 13.0 Å². The summed E-state index contributed by atoms with van der Waals surface area (Å²) in [6.07, 6.45) is 0.180. The summed E-state index contributed by atoms with van der Waals surface area (Å²) in [6, 6.07) is 9.66. The van der Waals surface area contributed by atoms with Crippen LogP contribution in [0.15, 0.2) is 30.3 Å². The lowest BCUT2D eigenvalue weighted by Gasteiger charge is -2.10. The summed E-state index contributed by atoms with van der Waals surface area (Å²) in [5.41, 5.74) is 1.02. The highest BCUT2D eigenvalue weighted by atomic mass is 16.5. The molecule has 4 nitrogen and oxygen atoms in total. The Morgan fingerprint density at radius 1 is 1.33 bits per heavy atom. The van der Waals surface area contributed by atoms with Gasteiger partial charge in [0.1, 0.15) is 6.10 Å². The Hall–Kier alpha value is -1.68. The molecule has 1 aromatic carbocycles. The Labute approximate surface area is 106 Å². The van der Waals surface area contributed by atoms with E-state index in [0.717, 1.165) is 5.56 Å². The first kappa shape index (κ1) is 12.8. The van der Waals surface area contributed by atoms with Crippen molar-refractivity contribution in [1.29, 1.82) is 0 Å². The zero-order valence-electron chi connectivity index (χ0n) is 10.3. The normalized spacial score (nSPS) is 23.1. The average molecular weight is 248 g/mol. The molecular formula is C14H16O4. The lowest BCUT2D eigenvalue weighted by molar-refractivity contribution is -0.145. The van der Waals surface area contributed by atoms with E-state index in [1.54, 1.807) is 0 Å². The van der Waals surface area contributed by atoms with E-state index in [1.807, 2.05) is 30.3 Å². The molecule has 0 aliphatic heterocycles. The van der Waals surface area contributed by atoms with Gasteiger partial charge in [-0.3, -0.25) is 9.59 Å². The van der Waals surface area contributed by atoms with Gasteiger partial charge in [-0.15, -0.1) is 0 Å². The van der Waals surface area contributed by atoms with Gasteiger partial charge in [-0.25, -0.2) is 0 Å². The Kier molecular flexibility index (Phi) is 4.10. The lowest BCUT2D eigenvalue weighted by Crippen LogP contribution is -2.18. The van der Waals surface area contributed by atoms with Gasteiger partial charge in [0.15, 0.2) is 5.78 Å². The van der Waals surface area contributed by atoms with E-state index < -0.39 is 6.10 Å². The van der Waals surface area contributed by atoms with E-state index in [2.05, 4.69) is 4.74 Å². The molecule has 0 spiro atoms. The molecule has 0 N–H and O–H groups in total. The lowest BCUT2D eigenvalue weighted by atomic mass is 10.1. The van der Waals surface area contributed by atoms with E-state index in [1.165, 1.54) is 7.11 Å². The third-order valence-electron chi connectivity index (χ3n) is 3.13. The predicted molar refractivity (Wildman–Crippen MR) is 64.8 cm³/mol. The molecule has 2 unspecified atom stereocenters. The van der Waals surface area contributed by atoms with Gasteiger partial charge in [-0.05, 0) is 12.0 Å². The van der Waals surface area contributed by atoms with Crippen molar-refractivity contribution in [3.63, 3.8) is 0 Å². The summed E-state index contributed by atoms with van der Waals surface area (Å²) >= 11 is 0. The van der Waals surface area contributed by atoms with Crippen molar-refractivity contribution < 1.29 is 19.1 Å². The summed E-state index contributed by atoms with van der Waals surface area (Å²) in [4.78, 5) is 23.0. The first-order chi connectivity index (χ1) is 8.70. The van der Waals surface area contributed by atoms with Gasteiger partial charge in [0.2, 0.25) is 0 Å². The average Bonchev–Trinajstić information content (AvgIpc) is 2.78. The molecule has 1 fully saturated rings. The van der Waals surface area contributed by atoms with Gasteiger partial charge in [0.05, 0.1) is 19.6 Å². The Bertz CT molecular complexity index is 427. The number of rotatable bonds is 4. The SMILES string of the molecule is COC(=O)C1CC(=O)C(OCc2ccccc2)C1. The van der Waals surface area contributed by atoms with Crippen LogP contribution in [-0.2, 0) is 25.7 Å². The number of ketones is 1. The van der Waals surface area contributed by atoms with Gasteiger partial charge < -0.3 is 9.47 Å². The van der Waals surface area contributed by atoms with Crippen molar-refractivity contribution in [3.05, 3.63) is 35.9 Å². The van der Waals surface area contributed by atoms with Crippen LogP contribution >= 0.6 is 0 Å². The van der Waals surface area contributed by atoms with Gasteiger partial charge in [-0.1, -0.05) is 30.3 Å². The predicted octanol–water partition coefficient (Wildman–Crippen LogP) is 1.72. The second kappa shape index (κ2) is 5.78. The first-order valence-corrected chi connectivity index (χ1v) is 5.96. The summed E-state index contributed by atoms with van der Waals surface area (Å²) in [7, 11) is 1.34. The molecule has 96 valence electrons. The number of hydrogen-bond donors (Lipinski definition) is 0. The summed E-state index contributed by atoms with van der Waals surface area (Å²) in [6.45, 7) is 0.394. The van der Waals surface area contributed by atoms with E-state index in [9.17, 15) is 9.59 Å². The standard InChI is InChI=1S/C14H16O4/c1-17-14(16)11-7-12(15)13(8-11)18-9-10-5-3-2-4-6-10/h2-6,11,13H,7-9H2,1H3. The highest BCUT2D eigenvalue weighted by molar-refractivity contribution is 5.91. The third-order valence-corrected chi connectivity index (χ3v) is 3.13. The van der Waals surface area contributed by atoms with Gasteiger partial charge in [0, 0.05) is 6.42 Å². The fraction of sp³-hybridized carbons (Fsp3) is 0.429. The molecule has 1 aliphatic carbocycles. The van der Waals surface area contributed by atoms with Crippen molar-refractivity contribution in [1.82, 2.24) is 0 Å². The maximum Gasteiger partial charge on any atom is 0.309 e. The van der Waals surface area contributed by atoms with Crippen LogP contribution in [0.4, 0.5) is 0 Å². The molecule has 1 aromatic rings. The second-order valence-corrected chi connectivity index (χ2v) is 4.41. The van der Waals surface area contributed by atoms with Gasteiger partial charge in [0.25, 0.3) is 0 Å². The molecule has 4 heteroatoms. The summed E-state index contributed by atoms with van der Waals surface area (Å²) < 4.78 is 10.2. The number of esters is 1. The van der Waals surface area contributed by atoms with E-state index >= 15 is 0 Å². The number of carbonyl (C=O) groups excluding carboxylic acids is 2. The monoisotopic (exact) mass is 248 g/mol. The van der Waals surface area contributed by atoms with Crippen molar-refractivity contribution >= 4 is 11.8 Å². The van der Waals surface area contributed by atoms with Crippen LogP contribution in [0.3, 0.4) is 0 Å². The van der Waals surface area contributed by atoms with Crippen LogP contribution in [0.5, 0.6) is 0 Å². The molecule has 0 bridgehead atoms. The van der Waals surface area contributed by atoms with Crippen molar-refractivity contribution in [2.45, 2.75) is 25.6 Å². The number of ether oxygens (including phenoxy) is 2. The molecule has 0 saturated heterocycles. The Balaban J connectivity index is 1.87. The first-order valence-electron chi connectivity index (χ1n) is 5.96. The minimum Gasteiger partial charge on any atom is -0.469 e. The van der Waals surface area contributed by atoms with Crippen LogP contribution in [0.1, 0.15) is 18.4 Å². The highest BCUT2D eigenvalue weighted by Crippen LogP contribution is 2.26. The van der Waals surface area contributed by atoms with Crippen LogP contribution in [-0.4, -0.2) is 25.0 Å². The molecule has 0 aromatic heterocycles. The second-order valence-electron chi connectivity index (χ2n) is 4.41. The molecule has 0 radical (unpaired) electrons. The van der Waals surface area contributed by atoms with E-state index in [4.69, 9.17) is 4.74 Å². The zero-order chi connectivity index (χ0) is 13.0. The van der Waals surface area contributed by atoms with Crippen LogP contribution < -0.4 is 0 Å². The van der Waals surface area contributed by atoms with Crippen molar-refractivity contribution in [2.75, 3.05) is 7.11 Å². The van der Waals surface area contributed by atoms with Gasteiger partial charge >= 0.3 is 5.97 Å². The molecule has 2 atom stereocenters. The fourth-order valence-electron chi connectivity index (χ4n) is 2.13. The van der Waals surface area contributed by atoms with Crippen LogP contribution in [0, 0.1) is 5.92 Å². The molecule has 2 rings (SSSR count). The largest absolute Gasteiger partial charge is 0.469 e. The quantitative estimate of drug-likeness (QED) is 0.761. The Morgan fingerprint density at radius 2 is 2.06 bits per heavy atom. The highest BCUT2D eigenvalue weighted by Gasteiger charge is 2.37. The topological polar surface area (TPSA) is 52.6 Å². The molecule has 18 heavy (non-hydrogen) atoms. The third kappa shape index (κ3) is 2.96. The van der Waals surface area contributed by atoms with Gasteiger partial charge in [-0.2, -0.15) is 0 Å². The number of hydrogen-bond acceptors (Lipinski definition) is 4. The minimum atomic E-state index is -0.477. The van der Waals surface area contributed by atoms with Crippen LogP contribution in [0.25, 0.3) is 0 Å².